The van der Waals surface area contributed by atoms with Gasteiger partial charge in [-0.1, -0.05) is 42.5 Å². The highest BCUT2D eigenvalue weighted by Crippen LogP contribution is 2.40. The summed E-state index contributed by atoms with van der Waals surface area (Å²) in [6, 6.07) is 18.7. The lowest BCUT2D eigenvalue weighted by Crippen LogP contribution is -2.39. The lowest BCUT2D eigenvalue weighted by molar-refractivity contribution is -0.384. The van der Waals surface area contributed by atoms with Gasteiger partial charge in [0.05, 0.1) is 12.0 Å². The average Bonchev–Trinajstić information content (AvgIpc) is 3.18. The first-order chi connectivity index (χ1) is 12.1. The average molecular weight is 336 g/mol. The van der Waals surface area contributed by atoms with Crippen LogP contribution in [0.4, 0.5) is 5.69 Å². The second kappa shape index (κ2) is 6.60. The summed E-state index contributed by atoms with van der Waals surface area (Å²) in [5.41, 5.74) is 0.632. The summed E-state index contributed by atoms with van der Waals surface area (Å²) < 4.78 is 5.13. The van der Waals surface area contributed by atoms with Crippen molar-refractivity contribution in [2.75, 3.05) is 7.11 Å². The maximum absolute atomic E-state index is 13.0. The molecule has 6 heteroatoms. The van der Waals surface area contributed by atoms with Gasteiger partial charge >= 0.3 is 5.97 Å². The second-order valence-corrected chi connectivity index (χ2v) is 5.50. The van der Waals surface area contributed by atoms with Gasteiger partial charge in [-0.25, -0.2) is 0 Å². The Hall–Kier alpha value is -3.41. The maximum atomic E-state index is 13.0. The van der Waals surface area contributed by atoms with E-state index in [2.05, 4.69) is 4.98 Å². The van der Waals surface area contributed by atoms with Crippen molar-refractivity contribution in [2.45, 2.75) is 5.41 Å². The van der Waals surface area contributed by atoms with E-state index in [9.17, 15) is 14.9 Å². The van der Waals surface area contributed by atoms with Crippen molar-refractivity contribution < 1.29 is 14.5 Å². The van der Waals surface area contributed by atoms with E-state index in [-0.39, 0.29) is 5.69 Å². The zero-order valence-electron chi connectivity index (χ0n) is 13.5. The van der Waals surface area contributed by atoms with Gasteiger partial charge in [-0.05, 0) is 23.3 Å². The molecule has 0 aliphatic rings. The molecule has 1 unspecified atom stereocenters. The zero-order chi connectivity index (χ0) is 17.9. The lowest BCUT2D eigenvalue weighted by atomic mass is 9.72. The van der Waals surface area contributed by atoms with Crippen molar-refractivity contribution in [1.29, 1.82) is 0 Å². The number of nitro benzene ring substituents is 1. The number of benzene rings is 2. The van der Waals surface area contributed by atoms with Gasteiger partial charge in [0.2, 0.25) is 0 Å². The van der Waals surface area contributed by atoms with Crippen molar-refractivity contribution in [1.82, 2.24) is 4.98 Å². The molecule has 0 aliphatic carbocycles. The van der Waals surface area contributed by atoms with Crippen LogP contribution in [0.25, 0.3) is 0 Å². The number of nitrogens with one attached hydrogen (secondary N) is 1. The molecule has 3 rings (SSSR count). The van der Waals surface area contributed by atoms with E-state index in [1.165, 1.54) is 19.2 Å². The van der Waals surface area contributed by atoms with Crippen molar-refractivity contribution in [3.8, 4) is 0 Å². The molecule has 1 heterocycles. The van der Waals surface area contributed by atoms with Crippen LogP contribution in [-0.2, 0) is 14.9 Å². The van der Waals surface area contributed by atoms with Gasteiger partial charge in [-0.2, -0.15) is 0 Å². The zero-order valence-corrected chi connectivity index (χ0v) is 13.5. The van der Waals surface area contributed by atoms with Gasteiger partial charge in [0, 0.05) is 24.0 Å². The molecular weight excluding hydrogens is 320 g/mol. The van der Waals surface area contributed by atoms with Gasteiger partial charge in [0.1, 0.15) is 0 Å². The number of esters is 1. The molecule has 2 aromatic carbocycles. The number of non-ortho nitro benzene ring substituents is 1. The minimum Gasteiger partial charge on any atom is -0.468 e. The number of nitro groups is 1. The SMILES string of the molecule is COC(=O)C(c1ccccc1)(c1ccc([N+](=O)[O-])cc1)c1ccc[nH]1. The molecule has 1 aromatic heterocycles. The minimum atomic E-state index is -1.24. The van der Waals surface area contributed by atoms with E-state index in [0.717, 1.165) is 0 Å². The molecular formula is C19H16N2O4. The van der Waals surface area contributed by atoms with Crippen molar-refractivity contribution >= 4 is 11.7 Å². The quantitative estimate of drug-likeness (QED) is 0.439. The van der Waals surface area contributed by atoms with Crippen LogP contribution in [0, 0.1) is 10.1 Å². The molecule has 0 saturated heterocycles. The number of aromatic amines is 1. The van der Waals surface area contributed by atoms with E-state index in [1.54, 1.807) is 30.5 Å². The summed E-state index contributed by atoms with van der Waals surface area (Å²) in [6.45, 7) is 0. The number of carbonyl (C=O) groups is 1. The fourth-order valence-electron chi connectivity index (χ4n) is 3.06. The Morgan fingerprint density at radius 2 is 1.64 bits per heavy atom. The van der Waals surface area contributed by atoms with Crippen LogP contribution in [0.5, 0.6) is 0 Å². The van der Waals surface area contributed by atoms with Crippen LogP contribution < -0.4 is 0 Å². The largest absolute Gasteiger partial charge is 0.468 e. The summed E-state index contributed by atoms with van der Waals surface area (Å²) in [4.78, 5) is 26.6. The van der Waals surface area contributed by atoms with E-state index in [4.69, 9.17) is 4.74 Å². The number of H-pyrrole nitrogens is 1. The number of ether oxygens (including phenoxy) is 1. The summed E-state index contributed by atoms with van der Waals surface area (Å²) in [7, 11) is 1.33. The molecule has 0 radical (unpaired) electrons. The Labute approximate surface area is 144 Å². The first-order valence-corrected chi connectivity index (χ1v) is 7.63. The van der Waals surface area contributed by atoms with Crippen molar-refractivity contribution in [2.24, 2.45) is 0 Å². The van der Waals surface area contributed by atoms with Gasteiger partial charge in [0.25, 0.3) is 5.69 Å². The summed E-state index contributed by atoms with van der Waals surface area (Å²) in [6.07, 6.45) is 1.72. The fraction of sp³-hybridized carbons (Fsp3) is 0.105. The van der Waals surface area contributed by atoms with Crippen LogP contribution in [-0.4, -0.2) is 23.0 Å². The van der Waals surface area contributed by atoms with Gasteiger partial charge in [0.15, 0.2) is 5.41 Å². The van der Waals surface area contributed by atoms with Crippen LogP contribution in [0.2, 0.25) is 0 Å². The number of hydrogen-bond acceptors (Lipinski definition) is 4. The van der Waals surface area contributed by atoms with Crippen LogP contribution in [0.15, 0.2) is 72.9 Å². The molecule has 126 valence electrons. The summed E-state index contributed by atoms with van der Waals surface area (Å²) in [5.74, 6) is -0.477. The molecule has 6 nitrogen and oxygen atoms in total. The fourth-order valence-corrected chi connectivity index (χ4v) is 3.06. The first-order valence-electron chi connectivity index (χ1n) is 7.63. The van der Waals surface area contributed by atoms with E-state index in [0.29, 0.717) is 16.8 Å². The number of methoxy groups -OCH3 is 1. The minimum absolute atomic E-state index is 0.0398. The molecule has 0 amide bonds. The molecule has 0 saturated carbocycles. The third-order valence-electron chi connectivity index (χ3n) is 4.21. The van der Waals surface area contributed by atoms with E-state index in [1.807, 2.05) is 30.3 Å². The molecule has 1 N–H and O–H groups in total. The Morgan fingerprint density at radius 1 is 1.00 bits per heavy atom. The van der Waals surface area contributed by atoms with Gasteiger partial charge in [-0.3, -0.25) is 14.9 Å². The molecule has 0 spiro atoms. The highest BCUT2D eigenvalue weighted by Gasteiger charge is 2.46. The number of nitrogens with zero attached hydrogens (tertiary/aromatic N) is 1. The van der Waals surface area contributed by atoms with Crippen molar-refractivity contribution in [3.63, 3.8) is 0 Å². The van der Waals surface area contributed by atoms with Crippen molar-refractivity contribution in [3.05, 3.63) is 99.9 Å². The normalized spacial score (nSPS) is 13.0. The predicted octanol–water partition coefficient (Wildman–Crippen LogP) is 3.43. The predicted molar refractivity (Wildman–Crippen MR) is 92.2 cm³/mol. The molecule has 1 atom stereocenters. The second-order valence-electron chi connectivity index (χ2n) is 5.50. The standard InChI is InChI=1S/C19H16N2O4/c1-25-18(22)19(17-8-5-13-20-17,14-6-3-2-4-7-14)15-9-11-16(12-10-15)21(23)24/h2-13,20H,1H3. The maximum Gasteiger partial charge on any atom is 0.326 e. The molecule has 25 heavy (non-hydrogen) atoms. The van der Waals surface area contributed by atoms with Crippen LogP contribution in [0.3, 0.4) is 0 Å². The Balaban J connectivity index is 2.31. The number of aromatic nitrogens is 1. The summed E-state index contributed by atoms with van der Waals surface area (Å²) >= 11 is 0. The highest BCUT2D eigenvalue weighted by molar-refractivity contribution is 5.91. The van der Waals surface area contributed by atoms with Gasteiger partial charge in [-0.15, -0.1) is 0 Å². The third-order valence-corrected chi connectivity index (χ3v) is 4.21. The van der Waals surface area contributed by atoms with Crippen LogP contribution >= 0.6 is 0 Å². The Kier molecular flexibility index (Phi) is 4.35. The molecule has 0 bridgehead atoms. The number of hydrogen-bond donors (Lipinski definition) is 1. The third kappa shape index (κ3) is 2.67. The molecule has 3 aromatic rings. The van der Waals surface area contributed by atoms with Gasteiger partial charge < -0.3 is 9.72 Å². The van der Waals surface area contributed by atoms with E-state index >= 15 is 0 Å². The summed E-state index contributed by atoms with van der Waals surface area (Å²) in [5, 5.41) is 11.0. The highest BCUT2D eigenvalue weighted by atomic mass is 16.6. The smallest absolute Gasteiger partial charge is 0.326 e. The number of rotatable bonds is 5. The lowest BCUT2D eigenvalue weighted by Gasteiger charge is -2.31. The Morgan fingerprint density at radius 3 is 2.16 bits per heavy atom. The monoisotopic (exact) mass is 336 g/mol. The van der Waals surface area contributed by atoms with E-state index < -0.39 is 16.3 Å². The van der Waals surface area contributed by atoms with Crippen LogP contribution in [0.1, 0.15) is 16.8 Å². The topological polar surface area (TPSA) is 85.2 Å². The molecule has 0 fully saturated rings. The first kappa shape index (κ1) is 16.4. The number of carbonyl (C=O) groups excluding carboxylic acids is 1. The molecule has 0 aliphatic heterocycles. The Bertz CT molecular complexity index is 874.